The molecule has 80 valence electrons. The lowest BCUT2D eigenvalue weighted by molar-refractivity contribution is 0.185. The van der Waals surface area contributed by atoms with Gasteiger partial charge in [-0.25, -0.2) is 0 Å². The molecule has 2 N–H and O–H groups in total. The number of rotatable bonds is 3. The third-order valence-electron chi connectivity index (χ3n) is 2.26. The lowest BCUT2D eigenvalue weighted by atomic mass is 10.2. The molecular formula is C10H12IN3O. The van der Waals surface area contributed by atoms with Gasteiger partial charge in [-0.05, 0) is 34.7 Å². The molecule has 0 aliphatic rings. The SMILES string of the molecule is COCCn1nc(N)c2c(I)cccc21. The van der Waals surface area contributed by atoms with E-state index in [2.05, 4.69) is 27.7 Å². The van der Waals surface area contributed by atoms with Crippen LogP contribution < -0.4 is 5.73 Å². The molecular weight excluding hydrogens is 305 g/mol. The molecule has 15 heavy (non-hydrogen) atoms. The summed E-state index contributed by atoms with van der Waals surface area (Å²) in [6.07, 6.45) is 0. The van der Waals surface area contributed by atoms with Crippen LogP contribution in [0.5, 0.6) is 0 Å². The Morgan fingerprint density at radius 2 is 2.33 bits per heavy atom. The fourth-order valence-electron chi connectivity index (χ4n) is 1.56. The molecule has 2 rings (SSSR count). The summed E-state index contributed by atoms with van der Waals surface area (Å²) in [5.74, 6) is 0.589. The van der Waals surface area contributed by atoms with E-state index in [-0.39, 0.29) is 0 Å². The topological polar surface area (TPSA) is 53.1 Å². The normalized spacial score (nSPS) is 11.1. The van der Waals surface area contributed by atoms with E-state index < -0.39 is 0 Å². The van der Waals surface area contributed by atoms with Crippen molar-refractivity contribution in [3.05, 3.63) is 21.8 Å². The smallest absolute Gasteiger partial charge is 0.154 e. The highest BCUT2D eigenvalue weighted by atomic mass is 127. The van der Waals surface area contributed by atoms with Crippen LogP contribution in [0.25, 0.3) is 10.9 Å². The number of hydrogen-bond acceptors (Lipinski definition) is 3. The van der Waals surface area contributed by atoms with Crippen LogP contribution >= 0.6 is 22.6 Å². The fraction of sp³-hybridized carbons (Fsp3) is 0.300. The maximum atomic E-state index is 5.87. The zero-order valence-electron chi connectivity index (χ0n) is 8.40. The van der Waals surface area contributed by atoms with Gasteiger partial charge in [0.25, 0.3) is 0 Å². The van der Waals surface area contributed by atoms with Gasteiger partial charge < -0.3 is 10.5 Å². The summed E-state index contributed by atoms with van der Waals surface area (Å²) in [5, 5.41) is 5.33. The van der Waals surface area contributed by atoms with Gasteiger partial charge in [-0.2, -0.15) is 5.10 Å². The van der Waals surface area contributed by atoms with E-state index in [1.807, 2.05) is 22.9 Å². The first-order chi connectivity index (χ1) is 7.24. The van der Waals surface area contributed by atoms with Gasteiger partial charge in [0.15, 0.2) is 5.82 Å². The van der Waals surface area contributed by atoms with E-state index in [0.29, 0.717) is 12.4 Å². The highest BCUT2D eigenvalue weighted by molar-refractivity contribution is 14.1. The summed E-state index contributed by atoms with van der Waals surface area (Å²) < 4.78 is 8.05. The Balaban J connectivity index is 2.53. The predicted molar refractivity (Wildman–Crippen MR) is 68.7 cm³/mol. The second-order valence-electron chi connectivity index (χ2n) is 3.24. The average molecular weight is 317 g/mol. The zero-order chi connectivity index (χ0) is 10.8. The number of aromatic nitrogens is 2. The molecule has 0 radical (unpaired) electrons. The van der Waals surface area contributed by atoms with Crippen LogP contribution in [-0.2, 0) is 11.3 Å². The molecule has 1 heterocycles. The lowest BCUT2D eigenvalue weighted by Gasteiger charge is -2.01. The van der Waals surface area contributed by atoms with Crippen LogP contribution in [0.15, 0.2) is 18.2 Å². The monoisotopic (exact) mass is 317 g/mol. The van der Waals surface area contributed by atoms with Crippen molar-refractivity contribution in [2.45, 2.75) is 6.54 Å². The molecule has 5 heteroatoms. The van der Waals surface area contributed by atoms with Gasteiger partial charge in [0, 0.05) is 10.7 Å². The molecule has 0 atom stereocenters. The van der Waals surface area contributed by atoms with E-state index >= 15 is 0 Å². The standard InChI is InChI=1S/C10H12IN3O/c1-15-6-5-14-8-4-2-3-7(11)9(8)10(12)13-14/h2-4H,5-6H2,1H3,(H2,12,13). The number of ether oxygens (including phenoxy) is 1. The summed E-state index contributed by atoms with van der Waals surface area (Å²) in [5.41, 5.74) is 6.94. The minimum Gasteiger partial charge on any atom is -0.383 e. The lowest BCUT2D eigenvalue weighted by Crippen LogP contribution is -2.05. The molecule has 0 amide bonds. The molecule has 0 bridgehead atoms. The first kappa shape index (κ1) is 10.7. The molecule has 1 aromatic carbocycles. The highest BCUT2D eigenvalue weighted by Gasteiger charge is 2.09. The van der Waals surface area contributed by atoms with Crippen LogP contribution in [0.4, 0.5) is 5.82 Å². The number of fused-ring (bicyclic) bond motifs is 1. The van der Waals surface area contributed by atoms with Gasteiger partial charge >= 0.3 is 0 Å². The Morgan fingerprint density at radius 1 is 1.53 bits per heavy atom. The van der Waals surface area contributed by atoms with E-state index in [1.165, 1.54) is 0 Å². The molecule has 0 unspecified atom stereocenters. The van der Waals surface area contributed by atoms with Crippen molar-refractivity contribution < 1.29 is 4.74 Å². The second kappa shape index (κ2) is 4.36. The van der Waals surface area contributed by atoms with Crippen molar-refractivity contribution >= 4 is 39.3 Å². The molecule has 0 spiro atoms. The van der Waals surface area contributed by atoms with E-state index in [0.717, 1.165) is 21.0 Å². The average Bonchev–Trinajstić information content (AvgIpc) is 2.54. The van der Waals surface area contributed by atoms with Crippen LogP contribution in [-0.4, -0.2) is 23.5 Å². The van der Waals surface area contributed by atoms with E-state index in [4.69, 9.17) is 10.5 Å². The summed E-state index contributed by atoms with van der Waals surface area (Å²) >= 11 is 2.27. The van der Waals surface area contributed by atoms with Crippen molar-refractivity contribution in [3.8, 4) is 0 Å². The molecule has 4 nitrogen and oxygen atoms in total. The van der Waals surface area contributed by atoms with E-state index in [9.17, 15) is 0 Å². The Bertz CT molecular complexity index is 481. The minimum atomic E-state index is 0.589. The van der Waals surface area contributed by atoms with Crippen LogP contribution in [0.2, 0.25) is 0 Å². The number of benzene rings is 1. The number of nitrogens with zero attached hydrogens (tertiary/aromatic N) is 2. The molecule has 0 saturated heterocycles. The van der Waals surface area contributed by atoms with Gasteiger partial charge in [0.05, 0.1) is 24.1 Å². The van der Waals surface area contributed by atoms with Gasteiger partial charge in [-0.3, -0.25) is 4.68 Å². The van der Waals surface area contributed by atoms with Crippen molar-refractivity contribution in [1.82, 2.24) is 9.78 Å². The van der Waals surface area contributed by atoms with Crippen LogP contribution in [0.3, 0.4) is 0 Å². The first-order valence-electron chi connectivity index (χ1n) is 4.63. The van der Waals surface area contributed by atoms with Crippen molar-refractivity contribution in [3.63, 3.8) is 0 Å². The highest BCUT2D eigenvalue weighted by Crippen LogP contribution is 2.25. The number of anilines is 1. The van der Waals surface area contributed by atoms with Gasteiger partial charge in [0.1, 0.15) is 0 Å². The summed E-state index contributed by atoms with van der Waals surface area (Å²) in [6.45, 7) is 1.37. The fourth-order valence-corrected chi connectivity index (χ4v) is 2.32. The molecule has 1 aromatic heterocycles. The number of nitrogens with two attached hydrogens (primary N) is 1. The van der Waals surface area contributed by atoms with Gasteiger partial charge in [-0.1, -0.05) is 6.07 Å². The first-order valence-corrected chi connectivity index (χ1v) is 5.71. The maximum absolute atomic E-state index is 5.87. The van der Waals surface area contributed by atoms with Gasteiger partial charge in [-0.15, -0.1) is 0 Å². The zero-order valence-corrected chi connectivity index (χ0v) is 10.6. The molecule has 0 aliphatic carbocycles. The van der Waals surface area contributed by atoms with Crippen molar-refractivity contribution in [2.75, 3.05) is 19.5 Å². The Labute approximate surface area is 102 Å². The minimum absolute atomic E-state index is 0.589. The quantitative estimate of drug-likeness (QED) is 0.880. The predicted octanol–water partition coefficient (Wildman–Crippen LogP) is 1.87. The molecule has 0 saturated carbocycles. The number of hydrogen-bond donors (Lipinski definition) is 1. The Morgan fingerprint density at radius 3 is 3.07 bits per heavy atom. The maximum Gasteiger partial charge on any atom is 0.154 e. The molecule has 0 aliphatic heterocycles. The van der Waals surface area contributed by atoms with Crippen LogP contribution in [0.1, 0.15) is 0 Å². The van der Waals surface area contributed by atoms with Gasteiger partial charge in [0.2, 0.25) is 0 Å². The number of halogens is 1. The van der Waals surface area contributed by atoms with E-state index in [1.54, 1.807) is 7.11 Å². The van der Waals surface area contributed by atoms with Crippen LogP contribution in [0, 0.1) is 3.57 Å². The summed E-state index contributed by atoms with van der Waals surface area (Å²) in [7, 11) is 1.68. The number of nitrogen functional groups attached to an aromatic ring is 1. The van der Waals surface area contributed by atoms with Crippen molar-refractivity contribution in [2.24, 2.45) is 0 Å². The van der Waals surface area contributed by atoms with Crippen molar-refractivity contribution in [1.29, 1.82) is 0 Å². The molecule has 0 fully saturated rings. The summed E-state index contributed by atoms with van der Waals surface area (Å²) in [4.78, 5) is 0. The molecule has 2 aromatic rings. The Hall–Kier alpha value is -0.820. The number of methoxy groups -OCH3 is 1. The Kier molecular flexibility index (Phi) is 3.11. The second-order valence-corrected chi connectivity index (χ2v) is 4.40. The largest absolute Gasteiger partial charge is 0.383 e. The third kappa shape index (κ3) is 1.93. The third-order valence-corrected chi connectivity index (χ3v) is 3.16. The summed E-state index contributed by atoms with van der Waals surface area (Å²) in [6, 6.07) is 6.06.